The Kier molecular flexibility index (Phi) is 3.58. The standard InChI is InChI=1S/C9H7BrClN/c1-12-5-4-7-2-3-8(10)6-9(7)11/h2-3,6H,4-5H2. The lowest BCUT2D eigenvalue weighted by atomic mass is 10.1. The van der Waals surface area contributed by atoms with E-state index < -0.39 is 0 Å². The van der Waals surface area contributed by atoms with E-state index in [9.17, 15) is 0 Å². The first-order valence-electron chi connectivity index (χ1n) is 3.51. The molecular weight excluding hydrogens is 237 g/mol. The minimum absolute atomic E-state index is 0.501. The number of rotatable bonds is 2. The highest BCUT2D eigenvalue weighted by Gasteiger charge is 2.01. The quantitative estimate of drug-likeness (QED) is 0.701. The maximum Gasteiger partial charge on any atom is 0.218 e. The Balaban J connectivity index is 2.81. The fourth-order valence-corrected chi connectivity index (χ4v) is 1.67. The SMILES string of the molecule is [C-]#[N+]CCc1ccc(Br)cc1Cl. The van der Waals surface area contributed by atoms with E-state index in [1.54, 1.807) is 0 Å². The molecule has 1 rings (SSSR count). The van der Waals surface area contributed by atoms with Crippen molar-refractivity contribution in [1.29, 1.82) is 0 Å². The molecule has 0 N–H and O–H groups in total. The monoisotopic (exact) mass is 243 g/mol. The van der Waals surface area contributed by atoms with E-state index in [2.05, 4.69) is 20.8 Å². The summed E-state index contributed by atoms with van der Waals surface area (Å²) < 4.78 is 0.971. The molecule has 1 aromatic carbocycles. The molecule has 0 saturated heterocycles. The van der Waals surface area contributed by atoms with E-state index in [0.29, 0.717) is 6.54 Å². The molecule has 0 aliphatic rings. The molecule has 0 atom stereocenters. The van der Waals surface area contributed by atoms with Gasteiger partial charge in [0, 0.05) is 15.9 Å². The second-order valence-electron chi connectivity index (χ2n) is 2.37. The molecule has 62 valence electrons. The average molecular weight is 245 g/mol. The van der Waals surface area contributed by atoms with Crippen LogP contribution in [0.15, 0.2) is 22.7 Å². The molecule has 0 spiro atoms. The zero-order chi connectivity index (χ0) is 8.97. The van der Waals surface area contributed by atoms with Crippen molar-refractivity contribution < 1.29 is 0 Å². The van der Waals surface area contributed by atoms with Crippen molar-refractivity contribution in [2.24, 2.45) is 0 Å². The lowest BCUT2D eigenvalue weighted by Gasteiger charge is -1.99. The van der Waals surface area contributed by atoms with Crippen molar-refractivity contribution in [3.63, 3.8) is 0 Å². The fourth-order valence-electron chi connectivity index (χ4n) is 0.901. The van der Waals surface area contributed by atoms with Crippen LogP contribution in [0.1, 0.15) is 5.56 Å². The zero-order valence-electron chi connectivity index (χ0n) is 6.35. The van der Waals surface area contributed by atoms with E-state index in [4.69, 9.17) is 18.2 Å². The molecule has 0 aliphatic heterocycles. The summed E-state index contributed by atoms with van der Waals surface area (Å²) in [5.74, 6) is 0. The van der Waals surface area contributed by atoms with E-state index in [-0.39, 0.29) is 0 Å². The third kappa shape index (κ3) is 2.51. The van der Waals surface area contributed by atoms with Crippen LogP contribution in [-0.2, 0) is 6.42 Å². The Morgan fingerprint density at radius 3 is 2.83 bits per heavy atom. The molecular formula is C9H7BrClN. The van der Waals surface area contributed by atoms with Crippen LogP contribution in [0.4, 0.5) is 0 Å². The molecule has 0 heterocycles. The van der Waals surface area contributed by atoms with Gasteiger partial charge in [-0.3, -0.25) is 0 Å². The molecule has 1 aromatic rings. The Morgan fingerprint density at radius 1 is 1.50 bits per heavy atom. The van der Waals surface area contributed by atoms with Gasteiger partial charge in [0.1, 0.15) is 0 Å². The highest BCUT2D eigenvalue weighted by atomic mass is 79.9. The predicted octanol–water partition coefficient (Wildman–Crippen LogP) is 3.56. The Hall–Kier alpha value is -0.520. The summed E-state index contributed by atoms with van der Waals surface area (Å²) in [5.41, 5.74) is 1.04. The minimum atomic E-state index is 0.501. The van der Waals surface area contributed by atoms with Crippen LogP contribution < -0.4 is 0 Å². The summed E-state index contributed by atoms with van der Waals surface area (Å²) in [6.45, 7) is 7.14. The van der Waals surface area contributed by atoms with E-state index >= 15 is 0 Å². The largest absolute Gasteiger partial charge is 0.317 e. The van der Waals surface area contributed by atoms with Gasteiger partial charge in [-0.05, 0) is 17.7 Å². The topological polar surface area (TPSA) is 4.36 Å². The third-order valence-corrected chi connectivity index (χ3v) is 2.35. The third-order valence-electron chi connectivity index (χ3n) is 1.51. The summed E-state index contributed by atoms with van der Waals surface area (Å²) in [6.07, 6.45) is 0.732. The molecule has 0 bridgehead atoms. The summed E-state index contributed by atoms with van der Waals surface area (Å²) in [4.78, 5) is 3.27. The van der Waals surface area contributed by atoms with Crippen LogP contribution in [0.3, 0.4) is 0 Å². The van der Waals surface area contributed by atoms with Gasteiger partial charge in [-0.25, -0.2) is 6.57 Å². The number of halogens is 2. The number of nitrogens with zero attached hydrogens (tertiary/aromatic N) is 1. The molecule has 3 heteroatoms. The van der Waals surface area contributed by atoms with Gasteiger partial charge in [0.25, 0.3) is 0 Å². The molecule has 0 aliphatic carbocycles. The van der Waals surface area contributed by atoms with Crippen molar-refractivity contribution >= 4 is 27.5 Å². The zero-order valence-corrected chi connectivity index (χ0v) is 8.69. The van der Waals surface area contributed by atoms with Crippen LogP contribution in [0, 0.1) is 6.57 Å². The van der Waals surface area contributed by atoms with Gasteiger partial charge < -0.3 is 4.85 Å². The number of hydrogen-bond donors (Lipinski definition) is 0. The summed E-state index contributed by atoms with van der Waals surface area (Å²) >= 11 is 9.25. The Morgan fingerprint density at radius 2 is 2.25 bits per heavy atom. The summed E-state index contributed by atoms with van der Waals surface area (Å²) in [5, 5.41) is 0.730. The number of benzene rings is 1. The molecule has 0 saturated carbocycles. The van der Waals surface area contributed by atoms with Crippen LogP contribution in [0.25, 0.3) is 4.85 Å². The lowest BCUT2D eigenvalue weighted by Crippen LogP contribution is -1.88. The maximum atomic E-state index is 6.64. The van der Waals surface area contributed by atoms with E-state index in [1.807, 2.05) is 18.2 Å². The van der Waals surface area contributed by atoms with Crippen molar-refractivity contribution in [3.05, 3.63) is 44.7 Å². The first-order valence-corrected chi connectivity index (χ1v) is 4.68. The molecule has 0 aromatic heterocycles. The van der Waals surface area contributed by atoms with Crippen molar-refractivity contribution in [3.8, 4) is 0 Å². The van der Waals surface area contributed by atoms with Crippen LogP contribution in [0.2, 0.25) is 5.02 Å². The molecule has 0 radical (unpaired) electrons. The average Bonchev–Trinajstić information content (AvgIpc) is 2.03. The van der Waals surface area contributed by atoms with Crippen molar-refractivity contribution in [2.75, 3.05) is 6.54 Å². The van der Waals surface area contributed by atoms with Gasteiger partial charge in [-0.15, -0.1) is 0 Å². The molecule has 0 amide bonds. The molecule has 1 nitrogen and oxygen atoms in total. The Bertz CT molecular complexity index is 317. The van der Waals surface area contributed by atoms with Gasteiger partial charge in [-0.2, -0.15) is 0 Å². The van der Waals surface area contributed by atoms with Gasteiger partial charge in [0.05, 0.1) is 0 Å². The van der Waals surface area contributed by atoms with Crippen molar-refractivity contribution in [2.45, 2.75) is 6.42 Å². The number of hydrogen-bond acceptors (Lipinski definition) is 0. The first-order chi connectivity index (χ1) is 5.74. The van der Waals surface area contributed by atoms with Gasteiger partial charge in [0.2, 0.25) is 6.54 Å². The molecule has 0 unspecified atom stereocenters. The molecule has 12 heavy (non-hydrogen) atoms. The lowest BCUT2D eigenvalue weighted by molar-refractivity contribution is 1.08. The molecule has 0 fully saturated rings. The van der Waals surface area contributed by atoms with E-state index in [0.717, 1.165) is 21.5 Å². The summed E-state index contributed by atoms with van der Waals surface area (Å²) in [7, 11) is 0. The smallest absolute Gasteiger partial charge is 0.218 e. The van der Waals surface area contributed by atoms with Gasteiger partial charge in [0.15, 0.2) is 0 Å². The normalized spacial score (nSPS) is 9.42. The summed E-state index contributed by atoms with van der Waals surface area (Å²) in [6, 6.07) is 5.73. The maximum absolute atomic E-state index is 6.64. The fraction of sp³-hybridized carbons (Fsp3) is 0.222. The minimum Gasteiger partial charge on any atom is -0.317 e. The second-order valence-corrected chi connectivity index (χ2v) is 3.69. The van der Waals surface area contributed by atoms with Crippen LogP contribution in [-0.4, -0.2) is 6.54 Å². The first kappa shape index (κ1) is 9.57. The Labute approximate surface area is 85.3 Å². The van der Waals surface area contributed by atoms with Crippen molar-refractivity contribution in [1.82, 2.24) is 0 Å². The van der Waals surface area contributed by atoms with Crippen LogP contribution in [0.5, 0.6) is 0 Å². The van der Waals surface area contributed by atoms with Gasteiger partial charge in [-0.1, -0.05) is 33.6 Å². The highest BCUT2D eigenvalue weighted by molar-refractivity contribution is 9.10. The van der Waals surface area contributed by atoms with Crippen LogP contribution >= 0.6 is 27.5 Å². The van der Waals surface area contributed by atoms with Gasteiger partial charge >= 0.3 is 0 Å². The highest BCUT2D eigenvalue weighted by Crippen LogP contribution is 2.21. The van der Waals surface area contributed by atoms with E-state index in [1.165, 1.54) is 0 Å². The second kappa shape index (κ2) is 4.49. The predicted molar refractivity (Wildman–Crippen MR) is 54.3 cm³/mol.